The first-order valence-corrected chi connectivity index (χ1v) is 7.25. The third-order valence-electron chi connectivity index (χ3n) is 5.85. The van der Waals surface area contributed by atoms with Crippen LogP contribution in [-0.2, 0) is 9.98 Å². The van der Waals surface area contributed by atoms with Crippen LogP contribution < -0.4 is 5.32 Å². The van der Waals surface area contributed by atoms with Gasteiger partial charge in [0.1, 0.15) is 0 Å². The van der Waals surface area contributed by atoms with E-state index in [1.54, 1.807) is 0 Å². The molecule has 102 valence electrons. The molecule has 0 aromatic heterocycles. The van der Waals surface area contributed by atoms with Gasteiger partial charge < -0.3 is 5.32 Å². The predicted molar refractivity (Wildman–Crippen MR) is 66.0 cm³/mol. The van der Waals surface area contributed by atoms with Gasteiger partial charge in [-0.05, 0) is 56.0 Å². The lowest BCUT2D eigenvalue weighted by Gasteiger charge is -2.48. The largest absolute Gasteiger partial charge is 0.316 e. The molecular formula is C13H23N3O2. The maximum absolute atomic E-state index is 5.26. The van der Waals surface area contributed by atoms with Gasteiger partial charge in [0, 0.05) is 14.1 Å². The van der Waals surface area contributed by atoms with E-state index in [9.17, 15) is 0 Å². The minimum absolute atomic E-state index is 0.490. The smallest absolute Gasteiger partial charge is 0.0563 e. The molecule has 0 aromatic carbocycles. The highest BCUT2D eigenvalue weighted by Gasteiger charge is 2.53. The van der Waals surface area contributed by atoms with Crippen molar-refractivity contribution in [3.8, 4) is 0 Å². The van der Waals surface area contributed by atoms with Crippen molar-refractivity contribution in [1.29, 1.82) is 0 Å². The number of hydrogen-bond donors (Lipinski definition) is 1. The van der Waals surface area contributed by atoms with E-state index >= 15 is 0 Å². The van der Waals surface area contributed by atoms with Crippen molar-refractivity contribution in [1.82, 2.24) is 15.4 Å². The molecule has 2 saturated heterocycles. The summed E-state index contributed by atoms with van der Waals surface area (Å²) in [5, 5.41) is 7.47. The molecule has 2 heterocycles. The van der Waals surface area contributed by atoms with Crippen molar-refractivity contribution in [2.24, 2.45) is 23.7 Å². The number of fused-ring (bicyclic) bond motifs is 6. The summed E-state index contributed by atoms with van der Waals surface area (Å²) in [7, 11) is 4.01. The van der Waals surface area contributed by atoms with Gasteiger partial charge in [-0.15, -0.1) is 9.98 Å². The van der Waals surface area contributed by atoms with Gasteiger partial charge >= 0.3 is 0 Å². The Bertz CT molecular complexity index is 306. The van der Waals surface area contributed by atoms with Crippen LogP contribution in [0.2, 0.25) is 0 Å². The zero-order valence-electron chi connectivity index (χ0n) is 11.2. The van der Waals surface area contributed by atoms with Gasteiger partial charge in [-0.2, -0.15) is 10.1 Å². The van der Waals surface area contributed by atoms with Crippen LogP contribution in [0.3, 0.4) is 0 Å². The lowest BCUT2D eigenvalue weighted by Crippen LogP contribution is -2.59. The van der Waals surface area contributed by atoms with Crippen LogP contribution in [0.15, 0.2) is 0 Å². The van der Waals surface area contributed by atoms with E-state index in [1.165, 1.54) is 32.4 Å². The number of nitrogens with one attached hydrogen (secondary N) is 1. The molecule has 6 unspecified atom stereocenters. The van der Waals surface area contributed by atoms with Gasteiger partial charge in [0.25, 0.3) is 0 Å². The second-order valence-electron chi connectivity index (χ2n) is 6.59. The molecule has 1 N–H and O–H groups in total. The molecule has 2 saturated carbocycles. The van der Waals surface area contributed by atoms with Crippen molar-refractivity contribution < 1.29 is 9.98 Å². The molecule has 18 heavy (non-hydrogen) atoms. The molecule has 4 fully saturated rings. The second-order valence-corrected chi connectivity index (χ2v) is 6.59. The predicted octanol–water partition coefficient (Wildman–Crippen LogP) is 0.644. The first-order valence-electron chi connectivity index (χ1n) is 7.25. The molecule has 2 bridgehead atoms. The highest BCUT2D eigenvalue weighted by molar-refractivity contribution is 5.03. The standard InChI is InChI=1S/C13H23N3O2/c1-15-12-4-10-8-3-9(7-14-6-8)11(10)5-13(12)16(2)18-17-15/h8-14H,3-7H2,1-2H3. The normalized spacial score (nSPS) is 53.0. The molecule has 5 heteroatoms. The summed E-state index contributed by atoms with van der Waals surface area (Å²) < 4.78 is 0. The first kappa shape index (κ1) is 11.6. The molecule has 0 spiro atoms. The monoisotopic (exact) mass is 253 g/mol. The molecule has 4 aliphatic rings. The number of piperidine rings is 1. The first-order chi connectivity index (χ1) is 8.74. The molecule has 0 radical (unpaired) electrons. The number of hydrogen-bond acceptors (Lipinski definition) is 5. The van der Waals surface area contributed by atoms with E-state index in [0.29, 0.717) is 12.1 Å². The third kappa shape index (κ3) is 1.58. The Labute approximate surface area is 108 Å². The number of rotatable bonds is 0. The minimum Gasteiger partial charge on any atom is -0.316 e. The van der Waals surface area contributed by atoms with Crippen molar-refractivity contribution in [2.45, 2.75) is 31.3 Å². The number of nitrogens with zero attached hydrogens (tertiary/aromatic N) is 2. The van der Waals surface area contributed by atoms with E-state index < -0.39 is 0 Å². The average molecular weight is 253 g/mol. The van der Waals surface area contributed by atoms with Gasteiger partial charge in [-0.25, -0.2) is 0 Å². The highest BCUT2D eigenvalue weighted by atomic mass is 17.3. The lowest BCUT2D eigenvalue weighted by atomic mass is 9.72. The fourth-order valence-electron chi connectivity index (χ4n) is 4.96. The number of hydroxylamine groups is 4. The summed E-state index contributed by atoms with van der Waals surface area (Å²) in [5.74, 6) is 3.58. The lowest BCUT2D eigenvalue weighted by molar-refractivity contribution is -0.555. The van der Waals surface area contributed by atoms with E-state index in [4.69, 9.17) is 9.98 Å². The summed E-state index contributed by atoms with van der Waals surface area (Å²) >= 11 is 0. The van der Waals surface area contributed by atoms with Gasteiger partial charge in [0.15, 0.2) is 0 Å². The molecule has 5 nitrogen and oxygen atoms in total. The molecule has 6 atom stereocenters. The van der Waals surface area contributed by atoms with Gasteiger partial charge in [-0.3, -0.25) is 0 Å². The van der Waals surface area contributed by atoms with Crippen LogP contribution in [0.5, 0.6) is 0 Å². The SMILES string of the molecule is CN1OON(C)C2CC3C4CNCC(C4)C3CC21. The molecule has 2 aliphatic carbocycles. The van der Waals surface area contributed by atoms with Crippen molar-refractivity contribution in [3.05, 3.63) is 0 Å². The highest BCUT2D eigenvalue weighted by Crippen LogP contribution is 2.52. The maximum Gasteiger partial charge on any atom is 0.0563 e. The van der Waals surface area contributed by atoms with Crippen LogP contribution in [0.4, 0.5) is 0 Å². The van der Waals surface area contributed by atoms with Crippen molar-refractivity contribution in [2.75, 3.05) is 27.2 Å². The fourth-order valence-corrected chi connectivity index (χ4v) is 4.96. The number of likely N-dealkylation sites (N-methyl/N-ethyl adjacent to an activating group) is 2. The van der Waals surface area contributed by atoms with Gasteiger partial charge in [-0.1, -0.05) is 0 Å². The van der Waals surface area contributed by atoms with E-state index in [-0.39, 0.29) is 0 Å². The van der Waals surface area contributed by atoms with Crippen LogP contribution in [0, 0.1) is 23.7 Å². The van der Waals surface area contributed by atoms with Gasteiger partial charge in [0.2, 0.25) is 0 Å². The Morgan fingerprint density at radius 3 is 1.83 bits per heavy atom. The molecule has 0 aromatic rings. The van der Waals surface area contributed by atoms with E-state index in [1.807, 2.05) is 24.2 Å². The summed E-state index contributed by atoms with van der Waals surface area (Å²) in [6, 6.07) is 0.980. The Morgan fingerprint density at radius 1 is 0.833 bits per heavy atom. The van der Waals surface area contributed by atoms with Crippen LogP contribution in [-0.4, -0.2) is 49.4 Å². The van der Waals surface area contributed by atoms with E-state index in [0.717, 1.165) is 23.7 Å². The van der Waals surface area contributed by atoms with Crippen LogP contribution in [0.1, 0.15) is 19.3 Å². The minimum atomic E-state index is 0.490. The Morgan fingerprint density at radius 2 is 1.33 bits per heavy atom. The zero-order chi connectivity index (χ0) is 12.3. The topological polar surface area (TPSA) is 37.0 Å². The molecule has 2 aliphatic heterocycles. The molecular weight excluding hydrogens is 230 g/mol. The maximum atomic E-state index is 5.26. The second kappa shape index (κ2) is 4.15. The van der Waals surface area contributed by atoms with Crippen molar-refractivity contribution in [3.63, 3.8) is 0 Å². The van der Waals surface area contributed by atoms with Crippen LogP contribution >= 0.6 is 0 Å². The summed E-state index contributed by atoms with van der Waals surface area (Å²) in [5.41, 5.74) is 0. The zero-order valence-corrected chi connectivity index (χ0v) is 11.2. The molecule has 4 rings (SSSR count). The Kier molecular flexibility index (Phi) is 2.68. The van der Waals surface area contributed by atoms with Gasteiger partial charge in [0.05, 0.1) is 12.1 Å². The average Bonchev–Trinajstić information content (AvgIpc) is 2.64. The summed E-state index contributed by atoms with van der Waals surface area (Å²) in [6.45, 7) is 2.46. The molecule has 0 amide bonds. The summed E-state index contributed by atoms with van der Waals surface area (Å²) in [4.78, 5) is 10.5. The quantitative estimate of drug-likeness (QED) is 0.641. The Hall–Kier alpha value is -0.200. The fraction of sp³-hybridized carbons (Fsp3) is 1.00. The van der Waals surface area contributed by atoms with Crippen LogP contribution in [0.25, 0.3) is 0 Å². The Balaban J connectivity index is 1.60. The van der Waals surface area contributed by atoms with E-state index in [2.05, 4.69) is 5.32 Å². The third-order valence-corrected chi connectivity index (χ3v) is 5.85. The summed E-state index contributed by atoms with van der Waals surface area (Å²) in [6.07, 6.45) is 3.97. The van der Waals surface area contributed by atoms with Crippen molar-refractivity contribution >= 4 is 0 Å².